The van der Waals surface area contributed by atoms with Crippen molar-refractivity contribution in [2.75, 3.05) is 10.6 Å². The van der Waals surface area contributed by atoms with Gasteiger partial charge in [-0.15, -0.1) is 0 Å². The number of carbonyl (C=O) groups excluding carboxylic acids is 2. The highest BCUT2D eigenvalue weighted by Gasteiger charge is 2.48. The molecule has 0 bridgehead atoms. The Labute approximate surface area is 170 Å². The van der Waals surface area contributed by atoms with Gasteiger partial charge in [-0.1, -0.05) is 57.2 Å². The van der Waals surface area contributed by atoms with Gasteiger partial charge in [0.2, 0.25) is 11.8 Å². The third-order valence-electron chi connectivity index (χ3n) is 5.35. The minimum absolute atomic E-state index is 0.0778. The van der Waals surface area contributed by atoms with E-state index in [1.54, 1.807) is 6.20 Å². The fraction of sp³-hybridized carbons (Fsp3) is 0.292. The van der Waals surface area contributed by atoms with Crippen LogP contribution < -0.4 is 10.6 Å². The molecule has 4 rings (SSSR count). The van der Waals surface area contributed by atoms with E-state index in [9.17, 15) is 9.59 Å². The predicted octanol–water partition coefficient (Wildman–Crippen LogP) is 4.75. The lowest BCUT2D eigenvalue weighted by molar-refractivity contribution is -0.122. The number of nitrogens with one attached hydrogen (secondary N) is 2. The van der Waals surface area contributed by atoms with E-state index >= 15 is 0 Å². The van der Waals surface area contributed by atoms with Crippen molar-refractivity contribution in [3.63, 3.8) is 0 Å². The van der Waals surface area contributed by atoms with Crippen LogP contribution in [0.25, 0.3) is 10.9 Å². The Morgan fingerprint density at radius 3 is 2.21 bits per heavy atom. The summed E-state index contributed by atoms with van der Waals surface area (Å²) in [4.78, 5) is 29.8. The Bertz CT molecular complexity index is 1080. The predicted molar refractivity (Wildman–Crippen MR) is 116 cm³/mol. The molecule has 29 heavy (non-hydrogen) atoms. The maximum absolute atomic E-state index is 12.7. The second-order valence-electron chi connectivity index (χ2n) is 8.60. The van der Waals surface area contributed by atoms with Crippen molar-refractivity contribution in [2.45, 2.75) is 32.6 Å². The van der Waals surface area contributed by atoms with Gasteiger partial charge in [-0.05, 0) is 35.6 Å². The second kappa shape index (κ2) is 7.32. The van der Waals surface area contributed by atoms with Gasteiger partial charge in [0.25, 0.3) is 0 Å². The molecule has 1 aliphatic carbocycles. The second-order valence-corrected chi connectivity index (χ2v) is 8.60. The number of rotatable bonds is 4. The highest BCUT2D eigenvalue weighted by atomic mass is 16.2. The lowest BCUT2D eigenvalue weighted by Crippen LogP contribution is -2.22. The van der Waals surface area contributed by atoms with Crippen molar-refractivity contribution in [2.24, 2.45) is 11.8 Å². The largest absolute Gasteiger partial charge is 0.326 e. The van der Waals surface area contributed by atoms with Gasteiger partial charge >= 0.3 is 0 Å². The zero-order valence-electron chi connectivity index (χ0n) is 16.9. The van der Waals surface area contributed by atoms with Gasteiger partial charge in [0.15, 0.2) is 0 Å². The number of para-hydroxylation sites is 2. The molecule has 0 saturated heterocycles. The van der Waals surface area contributed by atoms with Crippen LogP contribution in [0.1, 0.15) is 32.8 Å². The fourth-order valence-corrected chi connectivity index (χ4v) is 3.68. The number of hydrogen-bond donors (Lipinski definition) is 2. The molecule has 3 aromatic rings. The molecule has 2 amide bonds. The minimum atomic E-state index is -0.309. The van der Waals surface area contributed by atoms with Crippen LogP contribution in [0.3, 0.4) is 0 Å². The third-order valence-corrected chi connectivity index (χ3v) is 5.35. The summed E-state index contributed by atoms with van der Waals surface area (Å²) in [6.45, 7) is 6.34. The van der Waals surface area contributed by atoms with E-state index in [-0.39, 0.29) is 29.1 Å². The number of anilines is 2. The Hall–Kier alpha value is -3.21. The first-order chi connectivity index (χ1) is 13.8. The van der Waals surface area contributed by atoms with E-state index in [0.29, 0.717) is 12.1 Å². The van der Waals surface area contributed by atoms with Crippen LogP contribution in [0.5, 0.6) is 0 Å². The zero-order chi connectivity index (χ0) is 20.6. The van der Waals surface area contributed by atoms with Crippen LogP contribution in [0.2, 0.25) is 0 Å². The van der Waals surface area contributed by atoms with Crippen LogP contribution in [0, 0.1) is 11.8 Å². The number of benzene rings is 2. The first kappa shape index (κ1) is 19.1. The summed E-state index contributed by atoms with van der Waals surface area (Å²) in [5.74, 6) is -0.841. The highest BCUT2D eigenvalue weighted by molar-refractivity contribution is 6.06. The Morgan fingerprint density at radius 1 is 0.862 bits per heavy atom. The quantitative estimate of drug-likeness (QED) is 0.679. The molecule has 2 aromatic carbocycles. The van der Waals surface area contributed by atoms with Crippen LogP contribution in [-0.4, -0.2) is 16.8 Å². The van der Waals surface area contributed by atoms with Crippen LogP contribution in [-0.2, 0) is 15.0 Å². The number of aromatic nitrogens is 1. The Morgan fingerprint density at radius 2 is 1.48 bits per heavy atom. The number of amides is 2. The summed E-state index contributed by atoms with van der Waals surface area (Å²) in [5.41, 5.74) is 3.25. The summed E-state index contributed by atoms with van der Waals surface area (Å²) >= 11 is 0. The van der Waals surface area contributed by atoms with Gasteiger partial charge in [-0.25, -0.2) is 0 Å². The van der Waals surface area contributed by atoms with Crippen molar-refractivity contribution < 1.29 is 9.59 Å². The molecule has 2 atom stereocenters. The van der Waals surface area contributed by atoms with Gasteiger partial charge in [-0.2, -0.15) is 0 Å². The molecule has 1 heterocycles. The normalized spacial score (nSPS) is 18.3. The van der Waals surface area contributed by atoms with Crippen molar-refractivity contribution in [1.82, 2.24) is 4.98 Å². The molecule has 0 spiro atoms. The van der Waals surface area contributed by atoms with E-state index in [0.717, 1.165) is 22.2 Å². The molecule has 1 saturated carbocycles. The average molecular weight is 387 g/mol. The van der Waals surface area contributed by atoms with E-state index in [1.165, 1.54) is 0 Å². The summed E-state index contributed by atoms with van der Waals surface area (Å²) in [5, 5.41) is 6.94. The van der Waals surface area contributed by atoms with Gasteiger partial charge in [-0.3, -0.25) is 14.6 Å². The molecule has 2 N–H and O–H groups in total. The molecule has 0 aliphatic heterocycles. The van der Waals surface area contributed by atoms with Gasteiger partial charge in [0.05, 0.1) is 23.0 Å². The van der Waals surface area contributed by atoms with E-state index in [1.807, 2.05) is 54.6 Å². The van der Waals surface area contributed by atoms with Gasteiger partial charge < -0.3 is 10.6 Å². The van der Waals surface area contributed by atoms with E-state index < -0.39 is 0 Å². The number of nitrogens with zero attached hydrogens (tertiary/aromatic N) is 1. The molecule has 148 valence electrons. The topological polar surface area (TPSA) is 71.1 Å². The molecule has 0 radical (unpaired) electrons. The summed E-state index contributed by atoms with van der Waals surface area (Å²) in [7, 11) is 0. The molecular formula is C24H25N3O2. The zero-order valence-corrected chi connectivity index (χ0v) is 16.9. The van der Waals surface area contributed by atoms with E-state index in [4.69, 9.17) is 0 Å². The molecule has 5 nitrogen and oxygen atoms in total. The van der Waals surface area contributed by atoms with Crippen molar-refractivity contribution in [3.8, 4) is 0 Å². The van der Waals surface area contributed by atoms with Crippen molar-refractivity contribution in [3.05, 3.63) is 66.4 Å². The van der Waals surface area contributed by atoms with Crippen molar-refractivity contribution in [1.29, 1.82) is 0 Å². The standard InChI is InChI=1S/C24H25N3O2/c1-24(2,3)18-10-4-5-11-19(18)26-22(28)16-14-17(16)23(29)27-20-12-6-8-15-9-7-13-25-21(15)20/h4-13,16-17H,14H2,1-3H3,(H,26,28)(H,27,29). The van der Waals surface area contributed by atoms with Crippen LogP contribution in [0.4, 0.5) is 11.4 Å². The molecule has 1 fully saturated rings. The Balaban J connectivity index is 1.43. The monoisotopic (exact) mass is 387 g/mol. The number of pyridine rings is 1. The fourth-order valence-electron chi connectivity index (χ4n) is 3.68. The maximum atomic E-state index is 12.7. The minimum Gasteiger partial charge on any atom is -0.326 e. The summed E-state index contributed by atoms with van der Waals surface area (Å²) in [6.07, 6.45) is 2.27. The molecule has 1 aromatic heterocycles. The van der Waals surface area contributed by atoms with Crippen molar-refractivity contribution >= 4 is 34.1 Å². The average Bonchev–Trinajstić information content (AvgIpc) is 3.49. The van der Waals surface area contributed by atoms with E-state index in [2.05, 4.69) is 36.4 Å². The number of hydrogen-bond acceptors (Lipinski definition) is 3. The Kier molecular flexibility index (Phi) is 4.82. The lowest BCUT2D eigenvalue weighted by Gasteiger charge is -2.23. The maximum Gasteiger partial charge on any atom is 0.228 e. The first-order valence-corrected chi connectivity index (χ1v) is 9.89. The molecule has 5 heteroatoms. The van der Waals surface area contributed by atoms with Gasteiger partial charge in [0, 0.05) is 17.3 Å². The van der Waals surface area contributed by atoms with Crippen LogP contribution in [0.15, 0.2) is 60.8 Å². The molecular weight excluding hydrogens is 362 g/mol. The smallest absolute Gasteiger partial charge is 0.228 e. The third kappa shape index (κ3) is 3.99. The molecule has 2 unspecified atom stereocenters. The van der Waals surface area contributed by atoms with Crippen LogP contribution >= 0.6 is 0 Å². The summed E-state index contributed by atoms with van der Waals surface area (Å²) in [6, 6.07) is 17.3. The molecule has 1 aliphatic rings. The lowest BCUT2D eigenvalue weighted by atomic mass is 9.86. The SMILES string of the molecule is CC(C)(C)c1ccccc1NC(=O)C1CC1C(=O)Nc1cccc2cccnc12. The number of carbonyl (C=O) groups is 2. The first-order valence-electron chi connectivity index (χ1n) is 9.89. The van der Waals surface area contributed by atoms with Gasteiger partial charge in [0.1, 0.15) is 0 Å². The summed E-state index contributed by atoms with van der Waals surface area (Å²) < 4.78 is 0. The number of fused-ring (bicyclic) bond motifs is 1. The highest BCUT2D eigenvalue weighted by Crippen LogP contribution is 2.41.